The summed E-state index contributed by atoms with van der Waals surface area (Å²) >= 11 is 0. The molecule has 2 heterocycles. The molecule has 0 saturated carbocycles. The first-order valence-corrected chi connectivity index (χ1v) is 8.79. The van der Waals surface area contributed by atoms with Gasteiger partial charge in [0.05, 0.1) is 12.6 Å². The number of carbonyl (C=O) groups excluding carboxylic acids is 1. The molecule has 1 aromatic carbocycles. The molecule has 0 fully saturated rings. The van der Waals surface area contributed by atoms with E-state index in [-0.39, 0.29) is 18.0 Å². The first-order chi connectivity index (χ1) is 12.1. The normalized spacial score (nSPS) is 14.2. The van der Waals surface area contributed by atoms with E-state index in [9.17, 15) is 4.79 Å². The van der Waals surface area contributed by atoms with Crippen molar-refractivity contribution in [1.82, 2.24) is 25.4 Å². The van der Waals surface area contributed by atoms with Crippen LogP contribution in [-0.4, -0.2) is 33.9 Å². The van der Waals surface area contributed by atoms with Crippen molar-refractivity contribution in [2.45, 2.75) is 39.3 Å². The summed E-state index contributed by atoms with van der Waals surface area (Å²) in [6.07, 6.45) is 2.05. The van der Waals surface area contributed by atoms with Gasteiger partial charge in [-0.3, -0.25) is 0 Å². The van der Waals surface area contributed by atoms with Crippen LogP contribution in [0.5, 0.6) is 5.75 Å². The number of ether oxygens (including phenoxy) is 1. The van der Waals surface area contributed by atoms with Crippen molar-refractivity contribution in [3.05, 3.63) is 42.0 Å². The lowest BCUT2D eigenvalue weighted by molar-refractivity contribution is 0.227. The molecule has 1 aliphatic rings. The third-order valence-electron chi connectivity index (χ3n) is 4.27. The Hall–Kier alpha value is -2.57. The topological polar surface area (TPSA) is 81.1 Å². The van der Waals surface area contributed by atoms with E-state index in [1.54, 1.807) is 0 Å². The fraction of sp³-hybridized carbons (Fsp3) is 0.500. The third kappa shape index (κ3) is 4.29. The molecule has 2 N–H and O–H groups in total. The molecule has 7 heteroatoms. The van der Waals surface area contributed by atoms with Gasteiger partial charge in [0.25, 0.3) is 0 Å². The number of rotatable bonds is 7. The Labute approximate surface area is 147 Å². The number of aromatic nitrogens is 3. The highest BCUT2D eigenvalue weighted by atomic mass is 16.5. The summed E-state index contributed by atoms with van der Waals surface area (Å²) in [6, 6.07) is 9.17. The standard InChI is InChI=1S/C18H25N5O2/c1-13(2)16(17-22-21-15-9-6-11-23(15)17)20-18(24)19-10-12-25-14-7-4-3-5-8-14/h3-5,7-8,13,16H,6,9-12H2,1-2H3,(H2,19,20,24). The summed E-state index contributed by atoms with van der Waals surface area (Å²) in [7, 11) is 0. The number of nitrogens with zero attached hydrogens (tertiary/aromatic N) is 3. The predicted molar refractivity (Wildman–Crippen MR) is 94.4 cm³/mol. The van der Waals surface area contributed by atoms with Gasteiger partial charge in [-0.15, -0.1) is 10.2 Å². The maximum absolute atomic E-state index is 12.2. The Morgan fingerprint density at radius 3 is 2.84 bits per heavy atom. The first kappa shape index (κ1) is 17.3. The van der Waals surface area contributed by atoms with Gasteiger partial charge < -0.3 is 19.9 Å². The highest BCUT2D eigenvalue weighted by molar-refractivity contribution is 5.74. The summed E-state index contributed by atoms with van der Waals surface area (Å²) in [4.78, 5) is 12.2. The molecule has 1 atom stereocenters. The van der Waals surface area contributed by atoms with E-state index in [4.69, 9.17) is 4.74 Å². The molecule has 0 aliphatic carbocycles. The second-order valence-corrected chi connectivity index (χ2v) is 6.51. The van der Waals surface area contributed by atoms with E-state index in [0.29, 0.717) is 13.2 Å². The SMILES string of the molecule is CC(C)C(NC(=O)NCCOc1ccccc1)c1nnc2n1CCC2. The molecule has 3 rings (SSSR count). The monoisotopic (exact) mass is 343 g/mol. The zero-order valence-electron chi connectivity index (χ0n) is 14.7. The number of hydrogen-bond acceptors (Lipinski definition) is 4. The minimum absolute atomic E-state index is 0.158. The van der Waals surface area contributed by atoms with Gasteiger partial charge in [-0.25, -0.2) is 4.79 Å². The van der Waals surface area contributed by atoms with Gasteiger partial charge in [0.1, 0.15) is 18.2 Å². The molecule has 134 valence electrons. The van der Waals surface area contributed by atoms with Crippen molar-refractivity contribution in [2.75, 3.05) is 13.2 Å². The van der Waals surface area contributed by atoms with Gasteiger partial charge in [-0.05, 0) is 24.5 Å². The maximum Gasteiger partial charge on any atom is 0.315 e. The molecule has 25 heavy (non-hydrogen) atoms. The van der Waals surface area contributed by atoms with Crippen LogP contribution in [0.4, 0.5) is 4.79 Å². The molecule has 0 bridgehead atoms. The second-order valence-electron chi connectivity index (χ2n) is 6.51. The van der Waals surface area contributed by atoms with Crippen LogP contribution in [-0.2, 0) is 13.0 Å². The highest BCUT2D eigenvalue weighted by Gasteiger charge is 2.27. The van der Waals surface area contributed by atoms with E-state index >= 15 is 0 Å². The zero-order chi connectivity index (χ0) is 17.6. The maximum atomic E-state index is 12.2. The van der Waals surface area contributed by atoms with Crippen molar-refractivity contribution in [1.29, 1.82) is 0 Å². The van der Waals surface area contributed by atoms with E-state index in [0.717, 1.165) is 36.8 Å². The number of benzene rings is 1. The number of hydrogen-bond donors (Lipinski definition) is 2. The summed E-state index contributed by atoms with van der Waals surface area (Å²) in [6.45, 7) is 5.92. The van der Waals surface area contributed by atoms with Crippen molar-refractivity contribution in [2.24, 2.45) is 5.92 Å². The van der Waals surface area contributed by atoms with Crippen LogP contribution in [0, 0.1) is 5.92 Å². The van der Waals surface area contributed by atoms with Crippen LogP contribution in [0.1, 0.15) is 38.0 Å². The van der Waals surface area contributed by atoms with Gasteiger partial charge >= 0.3 is 6.03 Å². The molecule has 0 radical (unpaired) electrons. The lowest BCUT2D eigenvalue weighted by Crippen LogP contribution is -2.42. The molecule has 0 spiro atoms. The Bertz CT molecular complexity index is 699. The second kappa shape index (κ2) is 8.00. The number of amides is 2. The quantitative estimate of drug-likeness (QED) is 0.756. The molecule has 2 amide bonds. The largest absolute Gasteiger partial charge is 0.492 e. The van der Waals surface area contributed by atoms with Crippen LogP contribution in [0.2, 0.25) is 0 Å². The van der Waals surface area contributed by atoms with E-state index < -0.39 is 0 Å². The highest BCUT2D eigenvalue weighted by Crippen LogP contribution is 2.24. The summed E-state index contributed by atoms with van der Waals surface area (Å²) < 4.78 is 7.70. The smallest absolute Gasteiger partial charge is 0.315 e. The number of carbonyl (C=O) groups is 1. The molecule has 2 aromatic rings. The summed E-state index contributed by atoms with van der Waals surface area (Å²) in [5.41, 5.74) is 0. The Morgan fingerprint density at radius 1 is 1.28 bits per heavy atom. The fourth-order valence-corrected chi connectivity index (χ4v) is 2.97. The molecular weight excluding hydrogens is 318 g/mol. The van der Waals surface area contributed by atoms with Crippen LogP contribution in [0.15, 0.2) is 30.3 Å². The van der Waals surface area contributed by atoms with Gasteiger partial charge in [-0.1, -0.05) is 32.0 Å². The Kier molecular flexibility index (Phi) is 5.53. The average molecular weight is 343 g/mol. The summed E-state index contributed by atoms with van der Waals surface area (Å²) in [5.74, 6) is 2.88. The lowest BCUT2D eigenvalue weighted by Gasteiger charge is -2.22. The molecule has 1 aromatic heterocycles. The molecular formula is C18H25N5O2. The zero-order valence-corrected chi connectivity index (χ0v) is 14.7. The van der Waals surface area contributed by atoms with E-state index in [2.05, 4.69) is 39.2 Å². The van der Waals surface area contributed by atoms with Crippen LogP contribution < -0.4 is 15.4 Å². The number of nitrogens with one attached hydrogen (secondary N) is 2. The molecule has 1 aliphatic heterocycles. The fourth-order valence-electron chi connectivity index (χ4n) is 2.97. The Morgan fingerprint density at radius 2 is 2.08 bits per heavy atom. The number of fused-ring (bicyclic) bond motifs is 1. The van der Waals surface area contributed by atoms with Gasteiger partial charge in [-0.2, -0.15) is 0 Å². The van der Waals surface area contributed by atoms with Crippen LogP contribution in [0.25, 0.3) is 0 Å². The van der Waals surface area contributed by atoms with E-state index in [1.807, 2.05) is 30.3 Å². The molecule has 7 nitrogen and oxygen atoms in total. The van der Waals surface area contributed by atoms with E-state index in [1.165, 1.54) is 0 Å². The van der Waals surface area contributed by atoms with Crippen molar-refractivity contribution < 1.29 is 9.53 Å². The number of para-hydroxylation sites is 1. The lowest BCUT2D eigenvalue weighted by atomic mass is 10.0. The van der Waals surface area contributed by atoms with Crippen molar-refractivity contribution in [3.63, 3.8) is 0 Å². The predicted octanol–water partition coefficient (Wildman–Crippen LogP) is 2.30. The van der Waals surface area contributed by atoms with Crippen molar-refractivity contribution >= 4 is 6.03 Å². The minimum atomic E-state index is -0.217. The molecule has 0 saturated heterocycles. The van der Waals surface area contributed by atoms with Crippen LogP contribution >= 0.6 is 0 Å². The number of urea groups is 1. The van der Waals surface area contributed by atoms with Crippen molar-refractivity contribution in [3.8, 4) is 5.75 Å². The third-order valence-corrected chi connectivity index (χ3v) is 4.27. The number of aryl methyl sites for hydroxylation is 1. The molecule has 1 unspecified atom stereocenters. The van der Waals surface area contributed by atoms with Gasteiger partial charge in [0.2, 0.25) is 0 Å². The van der Waals surface area contributed by atoms with Gasteiger partial charge in [0.15, 0.2) is 5.82 Å². The Balaban J connectivity index is 1.49. The minimum Gasteiger partial charge on any atom is -0.492 e. The average Bonchev–Trinajstić information content (AvgIpc) is 3.21. The summed E-state index contributed by atoms with van der Waals surface area (Å²) in [5, 5.41) is 14.4. The van der Waals surface area contributed by atoms with Gasteiger partial charge in [0, 0.05) is 13.0 Å². The first-order valence-electron chi connectivity index (χ1n) is 8.79. The van der Waals surface area contributed by atoms with Crippen LogP contribution in [0.3, 0.4) is 0 Å².